The summed E-state index contributed by atoms with van der Waals surface area (Å²) in [6.45, 7) is 7.59. The number of nitrogens with two attached hydrogens (primary N) is 1. The second-order valence-corrected chi connectivity index (χ2v) is 4.75. The Kier molecular flexibility index (Phi) is 2.70. The monoisotopic (exact) mass is 234 g/mol. The smallest absolute Gasteiger partial charge is 0.149 e. The number of aromatic nitrogens is 2. The Morgan fingerprint density at radius 3 is 2.65 bits per heavy atom. The lowest BCUT2D eigenvalue weighted by atomic mass is 10.1. The average molecular weight is 234 g/mol. The van der Waals surface area contributed by atoms with E-state index in [0.29, 0.717) is 11.9 Å². The van der Waals surface area contributed by atoms with Gasteiger partial charge in [-0.05, 0) is 6.92 Å². The van der Waals surface area contributed by atoms with Crippen LogP contribution in [0.5, 0.6) is 0 Å². The summed E-state index contributed by atoms with van der Waals surface area (Å²) in [5.41, 5.74) is 3.57. The van der Waals surface area contributed by atoms with Gasteiger partial charge in [-0.3, -0.25) is 9.80 Å². The Morgan fingerprint density at radius 1 is 1.29 bits per heavy atom. The van der Waals surface area contributed by atoms with Crippen LogP contribution in [-0.2, 0) is 0 Å². The summed E-state index contributed by atoms with van der Waals surface area (Å²) in [5, 5.41) is 0. The summed E-state index contributed by atoms with van der Waals surface area (Å²) >= 11 is 0. The van der Waals surface area contributed by atoms with Crippen LogP contribution in [0.25, 0.3) is 0 Å². The summed E-state index contributed by atoms with van der Waals surface area (Å²) in [6, 6.07) is 2.18. The standard InChI is InChI=1S/C11H18N6/c1-8-6-10(15-12)14-11(13-8)9-7-16-2-4-17(9)5-3-16/h6,9H,2-5,7,12H2,1H3,(H,13,14,15). The number of nitrogens with zero attached hydrogens (tertiary/aromatic N) is 4. The van der Waals surface area contributed by atoms with Gasteiger partial charge in [0.2, 0.25) is 0 Å². The number of hydrogen-bond acceptors (Lipinski definition) is 6. The normalized spacial score (nSPS) is 31.5. The minimum Gasteiger partial charge on any atom is -0.308 e. The minimum atomic E-state index is 0.324. The van der Waals surface area contributed by atoms with Crippen molar-refractivity contribution in [3.8, 4) is 0 Å². The van der Waals surface area contributed by atoms with Crippen molar-refractivity contribution in [2.75, 3.05) is 38.1 Å². The van der Waals surface area contributed by atoms with E-state index in [2.05, 4.69) is 25.2 Å². The van der Waals surface area contributed by atoms with Crippen molar-refractivity contribution in [2.45, 2.75) is 13.0 Å². The van der Waals surface area contributed by atoms with Gasteiger partial charge < -0.3 is 5.43 Å². The van der Waals surface area contributed by atoms with Crippen LogP contribution in [0.2, 0.25) is 0 Å². The number of hydrazine groups is 1. The van der Waals surface area contributed by atoms with E-state index >= 15 is 0 Å². The van der Waals surface area contributed by atoms with Crippen LogP contribution in [0, 0.1) is 6.92 Å². The molecule has 3 aliphatic rings. The average Bonchev–Trinajstić information content (AvgIpc) is 2.39. The number of hydrogen-bond donors (Lipinski definition) is 2. The van der Waals surface area contributed by atoms with Gasteiger partial charge in [0.15, 0.2) is 0 Å². The molecule has 0 radical (unpaired) electrons. The Balaban J connectivity index is 1.90. The molecule has 3 saturated heterocycles. The molecule has 3 N–H and O–H groups in total. The van der Waals surface area contributed by atoms with Crippen molar-refractivity contribution >= 4 is 5.82 Å². The molecule has 2 bridgehead atoms. The Labute approximate surface area is 101 Å². The predicted octanol–water partition coefficient (Wildman–Crippen LogP) is -0.257. The fraction of sp³-hybridized carbons (Fsp3) is 0.636. The Hall–Kier alpha value is -1.24. The number of rotatable bonds is 2. The minimum absolute atomic E-state index is 0.324. The second kappa shape index (κ2) is 4.21. The molecule has 0 spiro atoms. The van der Waals surface area contributed by atoms with Crippen LogP contribution in [0.3, 0.4) is 0 Å². The van der Waals surface area contributed by atoms with Gasteiger partial charge in [0, 0.05) is 44.5 Å². The number of nitrogen functional groups attached to an aromatic ring is 1. The lowest BCUT2D eigenvalue weighted by Gasteiger charge is -2.46. The zero-order valence-electron chi connectivity index (χ0n) is 10.1. The van der Waals surface area contributed by atoms with Crippen molar-refractivity contribution in [3.05, 3.63) is 17.6 Å². The molecule has 1 aromatic rings. The largest absolute Gasteiger partial charge is 0.308 e. The fourth-order valence-electron chi connectivity index (χ4n) is 2.68. The third kappa shape index (κ3) is 1.99. The number of aryl methyl sites for hydroxylation is 1. The zero-order chi connectivity index (χ0) is 11.8. The molecule has 3 fully saturated rings. The van der Waals surface area contributed by atoms with Gasteiger partial charge in [-0.2, -0.15) is 0 Å². The van der Waals surface area contributed by atoms with Crippen LogP contribution in [0.4, 0.5) is 5.82 Å². The first-order chi connectivity index (χ1) is 8.26. The highest BCUT2D eigenvalue weighted by Crippen LogP contribution is 2.27. The van der Waals surface area contributed by atoms with Gasteiger partial charge >= 0.3 is 0 Å². The highest BCUT2D eigenvalue weighted by atomic mass is 15.4. The molecule has 1 unspecified atom stereocenters. The van der Waals surface area contributed by atoms with Crippen molar-refractivity contribution < 1.29 is 0 Å². The van der Waals surface area contributed by atoms with Crippen LogP contribution in [-0.4, -0.2) is 52.5 Å². The van der Waals surface area contributed by atoms with E-state index in [1.807, 2.05) is 13.0 Å². The van der Waals surface area contributed by atoms with E-state index in [0.717, 1.165) is 31.2 Å². The van der Waals surface area contributed by atoms with Crippen LogP contribution in [0.1, 0.15) is 17.6 Å². The third-order valence-electron chi connectivity index (χ3n) is 3.60. The van der Waals surface area contributed by atoms with Crippen molar-refractivity contribution in [3.63, 3.8) is 0 Å². The summed E-state index contributed by atoms with van der Waals surface area (Å²) in [7, 11) is 0. The van der Waals surface area contributed by atoms with Crippen molar-refractivity contribution in [2.24, 2.45) is 5.84 Å². The Morgan fingerprint density at radius 2 is 2.06 bits per heavy atom. The molecule has 0 saturated carbocycles. The molecule has 1 aromatic heterocycles. The number of anilines is 1. The predicted molar refractivity (Wildman–Crippen MR) is 65.3 cm³/mol. The number of fused-ring (bicyclic) bond motifs is 3. The van der Waals surface area contributed by atoms with E-state index in [4.69, 9.17) is 5.84 Å². The van der Waals surface area contributed by atoms with Crippen LogP contribution in [0.15, 0.2) is 6.07 Å². The molecular formula is C11H18N6. The maximum atomic E-state index is 5.43. The summed E-state index contributed by atoms with van der Waals surface area (Å²) in [5.74, 6) is 7.02. The number of piperazine rings is 3. The van der Waals surface area contributed by atoms with Crippen LogP contribution >= 0.6 is 0 Å². The molecule has 92 valence electrons. The maximum absolute atomic E-state index is 5.43. The second-order valence-electron chi connectivity index (χ2n) is 4.75. The van der Waals surface area contributed by atoms with Gasteiger partial charge in [-0.25, -0.2) is 15.8 Å². The van der Waals surface area contributed by atoms with E-state index in [1.54, 1.807) is 0 Å². The topological polar surface area (TPSA) is 70.3 Å². The van der Waals surface area contributed by atoms with Crippen LogP contribution < -0.4 is 11.3 Å². The molecule has 3 aliphatic heterocycles. The molecule has 4 heterocycles. The molecule has 1 atom stereocenters. The molecule has 0 aromatic carbocycles. The van der Waals surface area contributed by atoms with Crippen molar-refractivity contribution in [1.82, 2.24) is 19.8 Å². The van der Waals surface area contributed by atoms with E-state index < -0.39 is 0 Å². The SMILES string of the molecule is Cc1cc(NN)nc(C2CN3CCN2CC3)n1. The summed E-state index contributed by atoms with van der Waals surface area (Å²) in [6.07, 6.45) is 0. The quantitative estimate of drug-likeness (QED) is 0.543. The summed E-state index contributed by atoms with van der Waals surface area (Å²) < 4.78 is 0. The first-order valence-corrected chi connectivity index (χ1v) is 6.05. The summed E-state index contributed by atoms with van der Waals surface area (Å²) in [4.78, 5) is 14.0. The highest BCUT2D eigenvalue weighted by Gasteiger charge is 2.34. The highest BCUT2D eigenvalue weighted by molar-refractivity contribution is 5.34. The third-order valence-corrected chi connectivity index (χ3v) is 3.60. The zero-order valence-corrected chi connectivity index (χ0v) is 10.1. The van der Waals surface area contributed by atoms with E-state index in [9.17, 15) is 0 Å². The molecule has 0 aliphatic carbocycles. The molecule has 0 amide bonds. The molecule has 17 heavy (non-hydrogen) atoms. The lowest BCUT2D eigenvalue weighted by Crippen LogP contribution is -2.57. The Bertz CT molecular complexity index is 412. The number of nitrogens with one attached hydrogen (secondary N) is 1. The fourth-order valence-corrected chi connectivity index (χ4v) is 2.68. The molecule has 4 rings (SSSR count). The van der Waals surface area contributed by atoms with Gasteiger partial charge in [0.1, 0.15) is 11.6 Å². The first-order valence-electron chi connectivity index (χ1n) is 6.05. The van der Waals surface area contributed by atoms with E-state index in [-0.39, 0.29) is 0 Å². The maximum Gasteiger partial charge on any atom is 0.149 e. The molecular weight excluding hydrogens is 216 g/mol. The molecule has 6 heteroatoms. The van der Waals surface area contributed by atoms with Gasteiger partial charge in [0.05, 0.1) is 6.04 Å². The van der Waals surface area contributed by atoms with Gasteiger partial charge in [-0.15, -0.1) is 0 Å². The van der Waals surface area contributed by atoms with Crippen molar-refractivity contribution in [1.29, 1.82) is 0 Å². The molecule has 6 nitrogen and oxygen atoms in total. The lowest BCUT2D eigenvalue weighted by molar-refractivity contribution is 0.00864. The van der Waals surface area contributed by atoms with E-state index in [1.165, 1.54) is 13.1 Å². The van der Waals surface area contributed by atoms with Gasteiger partial charge in [0.25, 0.3) is 0 Å². The van der Waals surface area contributed by atoms with Gasteiger partial charge in [-0.1, -0.05) is 0 Å². The first kappa shape index (κ1) is 10.9.